The molecule has 2 atom stereocenters. The number of fused-ring (bicyclic) bond motifs is 1. The second kappa shape index (κ2) is 8.73. The maximum Gasteiger partial charge on any atom is 0.416 e. The number of rotatable bonds is 5. The van der Waals surface area contributed by atoms with Crippen LogP contribution in [0.3, 0.4) is 0 Å². The monoisotopic (exact) mass is 453 g/mol. The van der Waals surface area contributed by atoms with Crippen LogP contribution in [0.5, 0.6) is 0 Å². The van der Waals surface area contributed by atoms with E-state index in [0.717, 1.165) is 17.2 Å². The Kier molecular flexibility index (Phi) is 5.97. The first kappa shape index (κ1) is 22.6. The van der Waals surface area contributed by atoms with Gasteiger partial charge in [0.1, 0.15) is 0 Å². The number of carbonyl (C=O) groups excluding carboxylic acids is 1. The molecule has 1 unspecified atom stereocenters. The lowest BCUT2D eigenvalue weighted by atomic mass is 9.78. The zero-order valence-electron chi connectivity index (χ0n) is 17.8. The number of carboxylic acids is 1. The van der Waals surface area contributed by atoms with E-state index in [1.165, 1.54) is 35.2 Å². The van der Waals surface area contributed by atoms with Crippen molar-refractivity contribution in [1.29, 1.82) is 0 Å². The van der Waals surface area contributed by atoms with Gasteiger partial charge in [-0.05, 0) is 53.3 Å². The van der Waals surface area contributed by atoms with E-state index in [-0.39, 0.29) is 29.5 Å². The van der Waals surface area contributed by atoms with Crippen LogP contribution in [-0.2, 0) is 23.9 Å². The zero-order chi connectivity index (χ0) is 23.8. The van der Waals surface area contributed by atoms with Gasteiger partial charge in [0.2, 0.25) is 5.91 Å². The summed E-state index contributed by atoms with van der Waals surface area (Å²) in [5.74, 6) is -1.93. The lowest BCUT2D eigenvalue weighted by Gasteiger charge is -2.38. The second-order valence-electron chi connectivity index (χ2n) is 8.24. The lowest BCUT2D eigenvalue weighted by Crippen LogP contribution is -2.43. The molecule has 0 fully saturated rings. The maximum absolute atomic E-state index is 13.6. The minimum Gasteiger partial charge on any atom is -0.478 e. The Hall–Kier alpha value is -3.61. The molecule has 170 valence electrons. The predicted octanol–water partition coefficient (Wildman–Crippen LogP) is 5.91. The molecule has 1 aliphatic heterocycles. The molecule has 1 amide bonds. The minimum absolute atomic E-state index is 0.0345. The fourth-order valence-corrected chi connectivity index (χ4v) is 4.44. The van der Waals surface area contributed by atoms with Gasteiger partial charge in [0.15, 0.2) is 0 Å². The molecule has 0 saturated carbocycles. The normalized spacial score (nSPS) is 18.2. The topological polar surface area (TPSA) is 57.6 Å². The molecule has 0 aliphatic carbocycles. The second-order valence-corrected chi connectivity index (χ2v) is 8.24. The average Bonchev–Trinajstić information content (AvgIpc) is 2.79. The van der Waals surface area contributed by atoms with Gasteiger partial charge in [-0.1, -0.05) is 55.5 Å². The van der Waals surface area contributed by atoms with Crippen molar-refractivity contribution < 1.29 is 27.9 Å². The quantitative estimate of drug-likeness (QED) is 0.522. The number of benzene rings is 3. The first-order chi connectivity index (χ1) is 15.7. The van der Waals surface area contributed by atoms with Crippen molar-refractivity contribution in [2.45, 2.75) is 32.0 Å². The molecule has 1 aliphatic rings. The SMILES string of the molecule is CC1c2ccccc2N(Cc2ccccc2C(F)(F)F)C(=O)[C@H]1Cc1ccc(C(=O)O)cc1. The summed E-state index contributed by atoms with van der Waals surface area (Å²) >= 11 is 0. The van der Waals surface area contributed by atoms with Gasteiger partial charge < -0.3 is 10.0 Å². The van der Waals surface area contributed by atoms with Crippen molar-refractivity contribution in [2.24, 2.45) is 5.92 Å². The Morgan fingerprint density at radius 1 is 0.970 bits per heavy atom. The highest BCUT2D eigenvalue weighted by Gasteiger charge is 2.39. The number of carboxylic acid groups (broad SMARTS) is 1. The summed E-state index contributed by atoms with van der Waals surface area (Å²) in [7, 11) is 0. The van der Waals surface area contributed by atoms with Crippen LogP contribution in [0.2, 0.25) is 0 Å². The third-order valence-electron chi connectivity index (χ3n) is 6.21. The van der Waals surface area contributed by atoms with E-state index in [9.17, 15) is 22.8 Å². The van der Waals surface area contributed by atoms with Crippen molar-refractivity contribution in [1.82, 2.24) is 0 Å². The third-order valence-corrected chi connectivity index (χ3v) is 6.21. The van der Waals surface area contributed by atoms with Crippen molar-refractivity contribution in [3.63, 3.8) is 0 Å². The number of alkyl halides is 3. The molecule has 3 aromatic rings. The number of carbonyl (C=O) groups is 2. The minimum atomic E-state index is -4.52. The van der Waals surface area contributed by atoms with Crippen molar-refractivity contribution in [2.75, 3.05) is 4.90 Å². The summed E-state index contributed by atoms with van der Waals surface area (Å²) in [5, 5.41) is 9.10. The molecular formula is C26H22F3NO3. The van der Waals surface area contributed by atoms with Crippen molar-refractivity contribution >= 4 is 17.6 Å². The highest BCUT2D eigenvalue weighted by molar-refractivity contribution is 5.99. The Morgan fingerprint density at radius 3 is 2.27 bits per heavy atom. The number of nitrogens with zero attached hydrogens (tertiary/aromatic N) is 1. The van der Waals surface area contributed by atoms with Gasteiger partial charge in [-0.25, -0.2) is 4.79 Å². The maximum atomic E-state index is 13.6. The van der Waals surface area contributed by atoms with Crippen LogP contribution in [0, 0.1) is 5.92 Å². The zero-order valence-corrected chi connectivity index (χ0v) is 17.8. The molecule has 0 radical (unpaired) electrons. The van der Waals surface area contributed by atoms with E-state index in [1.54, 1.807) is 24.3 Å². The highest BCUT2D eigenvalue weighted by atomic mass is 19.4. The van der Waals surface area contributed by atoms with E-state index in [2.05, 4.69) is 0 Å². The first-order valence-electron chi connectivity index (χ1n) is 10.5. The van der Waals surface area contributed by atoms with Crippen LogP contribution >= 0.6 is 0 Å². The van der Waals surface area contributed by atoms with E-state index >= 15 is 0 Å². The Balaban J connectivity index is 1.70. The number of para-hydroxylation sites is 1. The summed E-state index contributed by atoms with van der Waals surface area (Å²) in [5.41, 5.74) is 1.73. The fourth-order valence-electron chi connectivity index (χ4n) is 4.44. The van der Waals surface area contributed by atoms with E-state index < -0.39 is 23.6 Å². The van der Waals surface area contributed by atoms with Crippen LogP contribution in [0.25, 0.3) is 0 Å². The van der Waals surface area contributed by atoms with Gasteiger partial charge in [0.05, 0.1) is 17.7 Å². The van der Waals surface area contributed by atoms with Crippen molar-refractivity contribution in [3.05, 3.63) is 101 Å². The molecule has 0 bridgehead atoms. The number of hydrogen-bond acceptors (Lipinski definition) is 2. The van der Waals surface area contributed by atoms with Crippen LogP contribution < -0.4 is 4.90 Å². The van der Waals surface area contributed by atoms with E-state index in [1.807, 2.05) is 19.1 Å². The Bertz CT molecular complexity index is 1190. The summed E-state index contributed by atoms with van der Waals surface area (Å²) in [4.78, 5) is 26.2. The molecule has 0 aromatic heterocycles. The van der Waals surface area contributed by atoms with Gasteiger partial charge in [0, 0.05) is 11.6 Å². The number of hydrogen-bond donors (Lipinski definition) is 1. The Labute approximate surface area is 189 Å². The summed E-state index contributed by atoms with van der Waals surface area (Å²) in [6, 6.07) is 18.9. The molecular weight excluding hydrogens is 431 g/mol. The third kappa shape index (κ3) is 4.49. The summed E-state index contributed by atoms with van der Waals surface area (Å²) in [6.07, 6.45) is -4.17. The molecule has 0 spiro atoms. The number of anilines is 1. The molecule has 4 nitrogen and oxygen atoms in total. The molecule has 3 aromatic carbocycles. The highest BCUT2D eigenvalue weighted by Crippen LogP contribution is 2.42. The molecule has 1 heterocycles. The van der Waals surface area contributed by atoms with Gasteiger partial charge in [-0.2, -0.15) is 13.2 Å². The molecule has 4 rings (SSSR count). The van der Waals surface area contributed by atoms with Crippen LogP contribution in [0.4, 0.5) is 18.9 Å². The van der Waals surface area contributed by atoms with E-state index in [0.29, 0.717) is 12.1 Å². The first-order valence-corrected chi connectivity index (χ1v) is 10.5. The standard InChI is InChI=1S/C26H22F3NO3/c1-16-20-7-3-5-9-23(20)30(15-19-6-2-4-8-22(19)26(27,28)29)24(31)21(16)14-17-10-12-18(13-11-17)25(32)33/h2-13,16,21H,14-15H2,1H3,(H,32,33)/t16?,21-/m0/s1. The molecule has 33 heavy (non-hydrogen) atoms. The van der Waals surface area contributed by atoms with Crippen LogP contribution in [0.1, 0.15) is 45.5 Å². The smallest absolute Gasteiger partial charge is 0.416 e. The van der Waals surface area contributed by atoms with E-state index in [4.69, 9.17) is 5.11 Å². The number of aromatic carboxylic acids is 1. The summed E-state index contributed by atoms with van der Waals surface area (Å²) < 4.78 is 40.7. The predicted molar refractivity (Wildman–Crippen MR) is 118 cm³/mol. The Morgan fingerprint density at radius 2 is 1.61 bits per heavy atom. The van der Waals surface area contributed by atoms with Crippen LogP contribution in [-0.4, -0.2) is 17.0 Å². The largest absolute Gasteiger partial charge is 0.478 e. The van der Waals surface area contributed by atoms with Gasteiger partial charge in [-0.15, -0.1) is 0 Å². The molecule has 7 heteroatoms. The van der Waals surface area contributed by atoms with Gasteiger partial charge in [-0.3, -0.25) is 4.79 Å². The van der Waals surface area contributed by atoms with Crippen LogP contribution in [0.15, 0.2) is 72.8 Å². The number of halogens is 3. The fraction of sp³-hybridized carbons (Fsp3) is 0.231. The molecule has 0 saturated heterocycles. The van der Waals surface area contributed by atoms with Gasteiger partial charge in [0.25, 0.3) is 0 Å². The van der Waals surface area contributed by atoms with Crippen molar-refractivity contribution in [3.8, 4) is 0 Å². The van der Waals surface area contributed by atoms with Gasteiger partial charge >= 0.3 is 12.1 Å². The average molecular weight is 453 g/mol. The summed E-state index contributed by atoms with van der Waals surface area (Å²) in [6.45, 7) is 1.75. The number of amides is 1. The lowest BCUT2D eigenvalue weighted by molar-refractivity contribution is -0.138. The molecule has 1 N–H and O–H groups in total.